The largest absolute Gasteiger partial charge is 0.476 e. The van der Waals surface area contributed by atoms with E-state index in [4.69, 9.17) is 14.7 Å². The Labute approximate surface area is 154 Å². The van der Waals surface area contributed by atoms with Crippen LogP contribution in [-0.4, -0.2) is 23.6 Å². The number of rotatable bonds is 6. The van der Waals surface area contributed by atoms with Crippen molar-refractivity contribution in [3.63, 3.8) is 0 Å². The molecule has 1 amide bonds. The van der Waals surface area contributed by atoms with E-state index in [9.17, 15) is 14.0 Å². The standard InChI is InChI=1S/C18H17FN2O4S/c1-11(15(22)21-16-12(10-20)8-9-26-16)24-17(23)18(2,3)25-14-6-4-13(19)5-7-14/h4-9,11H,1-3H3,(H,21,22)/t11-/m1/s1. The number of esters is 1. The van der Waals surface area contributed by atoms with Crippen molar-refractivity contribution >= 4 is 28.2 Å². The van der Waals surface area contributed by atoms with E-state index in [-0.39, 0.29) is 0 Å². The van der Waals surface area contributed by atoms with Crippen LogP contribution in [0.5, 0.6) is 5.75 Å². The van der Waals surface area contributed by atoms with Gasteiger partial charge in [-0.05, 0) is 56.5 Å². The number of carbonyl (C=O) groups excluding carboxylic acids is 2. The molecule has 0 saturated heterocycles. The Morgan fingerprint density at radius 2 is 1.92 bits per heavy atom. The average Bonchev–Trinajstić information content (AvgIpc) is 3.03. The number of benzene rings is 1. The maximum absolute atomic E-state index is 12.9. The molecule has 1 aromatic carbocycles. The third-order valence-electron chi connectivity index (χ3n) is 3.35. The number of carbonyl (C=O) groups is 2. The van der Waals surface area contributed by atoms with Crippen LogP contribution >= 0.6 is 11.3 Å². The lowest BCUT2D eigenvalue weighted by atomic mass is 10.1. The third-order valence-corrected chi connectivity index (χ3v) is 4.18. The number of thiophene rings is 1. The first-order chi connectivity index (χ1) is 12.2. The molecule has 136 valence electrons. The van der Waals surface area contributed by atoms with Gasteiger partial charge in [-0.2, -0.15) is 5.26 Å². The number of ether oxygens (including phenoxy) is 2. The summed E-state index contributed by atoms with van der Waals surface area (Å²) < 4.78 is 23.6. The van der Waals surface area contributed by atoms with Crippen molar-refractivity contribution in [1.82, 2.24) is 0 Å². The van der Waals surface area contributed by atoms with E-state index in [1.807, 2.05) is 6.07 Å². The monoisotopic (exact) mass is 376 g/mol. The Morgan fingerprint density at radius 3 is 2.54 bits per heavy atom. The van der Waals surface area contributed by atoms with Gasteiger partial charge in [0, 0.05) is 0 Å². The molecule has 0 fully saturated rings. The van der Waals surface area contributed by atoms with Crippen molar-refractivity contribution in [2.75, 3.05) is 5.32 Å². The minimum Gasteiger partial charge on any atom is -0.476 e. The van der Waals surface area contributed by atoms with Crippen LogP contribution in [0.25, 0.3) is 0 Å². The van der Waals surface area contributed by atoms with Crippen LogP contribution in [0.15, 0.2) is 35.7 Å². The normalized spacial score (nSPS) is 12.0. The summed E-state index contributed by atoms with van der Waals surface area (Å²) in [5.41, 5.74) is -1.05. The first kappa shape index (κ1) is 19.4. The van der Waals surface area contributed by atoms with E-state index in [0.29, 0.717) is 16.3 Å². The van der Waals surface area contributed by atoms with Crippen molar-refractivity contribution in [1.29, 1.82) is 5.26 Å². The highest BCUT2D eigenvalue weighted by Crippen LogP contribution is 2.23. The number of nitriles is 1. The predicted molar refractivity (Wildman–Crippen MR) is 94.3 cm³/mol. The summed E-state index contributed by atoms with van der Waals surface area (Å²) >= 11 is 1.20. The molecule has 0 bridgehead atoms. The van der Waals surface area contributed by atoms with Crippen LogP contribution in [0, 0.1) is 17.1 Å². The molecule has 0 aliphatic rings. The van der Waals surface area contributed by atoms with Crippen molar-refractivity contribution in [2.24, 2.45) is 0 Å². The van der Waals surface area contributed by atoms with E-state index in [1.54, 1.807) is 11.4 Å². The maximum atomic E-state index is 12.9. The summed E-state index contributed by atoms with van der Waals surface area (Å²) in [4.78, 5) is 24.5. The Hall–Kier alpha value is -2.92. The smallest absolute Gasteiger partial charge is 0.350 e. The molecule has 6 nitrogen and oxygen atoms in total. The Balaban J connectivity index is 1.97. The fourth-order valence-corrected chi connectivity index (χ4v) is 2.64. The minimum absolute atomic E-state index is 0.294. The van der Waals surface area contributed by atoms with Gasteiger partial charge in [0.2, 0.25) is 0 Å². The van der Waals surface area contributed by atoms with E-state index >= 15 is 0 Å². The number of nitrogens with zero attached hydrogens (tertiary/aromatic N) is 1. The number of halogens is 1. The van der Waals surface area contributed by atoms with E-state index in [2.05, 4.69) is 5.32 Å². The fraction of sp³-hybridized carbons (Fsp3) is 0.278. The van der Waals surface area contributed by atoms with Gasteiger partial charge in [-0.3, -0.25) is 4.79 Å². The second-order valence-electron chi connectivity index (χ2n) is 5.88. The van der Waals surface area contributed by atoms with Gasteiger partial charge in [0.15, 0.2) is 11.7 Å². The van der Waals surface area contributed by atoms with Crippen LogP contribution in [0.1, 0.15) is 26.3 Å². The van der Waals surface area contributed by atoms with Crippen molar-refractivity contribution in [3.05, 3.63) is 47.1 Å². The van der Waals surface area contributed by atoms with Crippen LogP contribution in [0.2, 0.25) is 0 Å². The lowest BCUT2D eigenvalue weighted by molar-refractivity contribution is -0.166. The SMILES string of the molecule is C[C@@H](OC(=O)C(C)(C)Oc1ccc(F)cc1)C(=O)Nc1sccc1C#N. The second-order valence-corrected chi connectivity index (χ2v) is 6.79. The van der Waals surface area contributed by atoms with Gasteiger partial charge >= 0.3 is 5.97 Å². The summed E-state index contributed by atoms with van der Waals surface area (Å²) in [7, 11) is 0. The van der Waals surface area contributed by atoms with Gasteiger partial charge in [0.1, 0.15) is 22.6 Å². The lowest BCUT2D eigenvalue weighted by Crippen LogP contribution is -2.43. The van der Waals surface area contributed by atoms with Crippen LogP contribution < -0.4 is 10.1 Å². The summed E-state index contributed by atoms with van der Waals surface area (Å²) in [6, 6.07) is 8.73. The zero-order valence-corrected chi connectivity index (χ0v) is 15.2. The molecule has 1 atom stereocenters. The number of nitrogens with one attached hydrogen (secondary N) is 1. The quantitative estimate of drug-likeness (QED) is 0.780. The molecular formula is C18H17FN2O4S. The molecule has 1 N–H and O–H groups in total. The molecule has 0 saturated carbocycles. The molecule has 1 heterocycles. The van der Waals surface area contributed by atoms with Gasteiger partial charge in [0.05, 0.1) is 5.56 Å². The lowest BCUT2D eigenvalue weighted by Gasteiger charge is -2.26. The van der Waals surface area contributed by atoms with Gasteiger partial charge < -0.3 is 14.8 Å². The van der Waals surface area contributed by atoms with E-state index in [0.717, 1.165) is 0 Å². The molecule has 0 radical (unpaired) electrons. The van der Waals surface area contributed by atoms with Crippen molar-refractivity contribution in [2.45, 2.75) is 32.5 Å². The number of anilines is 1. The zero-order valence-electron chi connectivity index (χ0n) is 14.4. The number of hydrogen-bond acceptors (Lipinski definition) is 6. The second kappa shape index (κ2) is 7.97. The van der Waals surface area contributed by atoms with Crippen molar-refractivity contribution < 1.29 is 23.5 Å². The molecule has 8 heteroatoms. The molecule has 2 rings (SSSR count). The zero-order chi connectivity index (χ0) is 19.3. The highest BCUT2D eigenvalue weighted by atomic mass is 32.1. The highest BCUT2D eigenvalue weighted by Gasteiger charge is 2.34. The van der Waals surface area contributed by atoms with Gasteiger partial charge in [0.25, 0.3) is 5.91 Å². The number of amides is 1. The summed E-state index contributed by atoms with van der Waals surface area (Å²) in [6.45, 7) is 4.38. The minimum atomic E-state index is -1.38. The summed E-state index contributed by atoms with van der Waals surface area (Å²) in [6.07, 6.45) is -1.09. The molecule has 0 aliphatic carbocycles. The van der Waals surface area contributed by atoms with Crippen LogP contribution in [-0.2, 0) is 14.3 Å². The molecular weight excluding hydrogens is 359 g/mol. The first-order valence-electron chi connectivity index (χ1n) is 7.67. The van der Waals surface area contributed by atoms with Gasteiger partial charge in [-0.1, -0.05) is 0 Å². The average molecular weight is 376 g/mol. The maximum Gasteiger partial charge on any atom is 0.350 e. The Morgan fingerprint density at radius 1 is 1.27 bits per heavy atom. The molecule has 0 spiro atoms. The molecule has 0 aliphatic heterocycles. The fourth-order valence-electron chi connectivity index (χ4n) is 1.90. The summed E-state index contributed by atoms with van der Waals surface area (Å²) in [5.74, 6) is -1.44. The van der Waals surface area contributed by atoms with E-state index in [1.165, 1.54) is 56.4 Å². The number of hydrogen-bond donors (Lipinski definition) is 1. The molecule has 1 aromatic heterocycles. The first-order valence-corrected chi connectivity index (χ1v) is 8.55. The van der Waals surface area contributed by atoms with E-state index < -0.39 is 29.4 Å². The highest BCUT2D eigenvalue weighted by molar-refractivity contribution is 7.14. The van der Waals surface area contributed by atoms with Crippen molar-refractivity contribution in [3.8, 4) is 11.8 Å². The van der Waals surface area contributed by atoms with Gasteiger partial charge in [-0.15, -0.1) is 11.3 Å². The van der Waals surface area contributed by atoms with Crippen LogP contribution in [0.3, 0.4) is 0 Å². The molecule has 0 unspecified atom stereocenters. The Bertz CT molecular complexity index is 840. The van der Waals surface area contributed by atoms with Crippen LogP contribution in [0.4, 0.5) is 9.39 Å². The summed E-state index contributed by atoms with van der Waals surface area (Å²) in [5, 5.41) is 13.6. The Kier molecular flexibility index (Phi) is 5.95. The third kappa shape index (κ3) is 4.80. The molecule has 26 heavy (non-hydrogen) atoms. The molecule has 2 aromatic rings. The van der Waals surface area contributed by atoms with Gasteiger partial charge in [-0.25, -0.2) is 9.18 Å². The predicted octanol–water partition coefficient (Wildman–Crippen LogP) is 3.49. The topological polar surface area (TPSA) is 88.4 Å².